The average molecular weight is 278 g/mol. The lowest BCUT2D eigenvalue weighted by molar-refractivity contribution is 0.534. The molecule has 0 bridgehead atoms. The molecule has 2 aromatic rings. The van der Waals surface area contributed by atoms with Gasteiger partial charge in [-0.25, -0.2) is 14.9 Å². The van der Waals surface area contributed by atoms with Gasteiger partial charge in [0.05, 0.1) is 0 Å². The largest absolute Gasteiger partial charge is 0.384 e. The van der Waals surface area contributed by atoms with Crippen molar-refractivity contribution in [1.29, 1.82) is 5.41 Å². The number of nitrogens with two attached hydrogens (primary N) is 1. The molecule has 0 aliphatic rings. The van der Waals surface area contributed by atoms with Gasteiger partial charge in [-0.15, -0.1) is 5.10 Å². The summed E-state index contributed by atoms with van der Waals surface area (Å²) in [4.78, 5) is 15.8. The highest BCUT2D eigenvalue weighted by Crippen LogP contribution is 2.27. The zero-order valence-electron chi connectivity index (χ0n) is 10.5. The number of pyridine rings is 1. The van der Waals surface area contributed by atoms with Crippen LogP contribution in [0.2, 0.25) is 0 Å². The Bertz CT molecular complexity index is 659. The van der Waals surface area contributed by atoms with E-state index in [9.17, 15) is 4.79 Å². The molecule has 0 fully saturated rings. The van der Waals surface area contributed by atoms with Gasteiger partial charge in [-0.2, -0.15) is 0 Å². The van der Waals surface area contributed by atoms with E-state index in [-0.39, 0.29) is 17.6 Å². The maximum absolute atomic E-state index is 11.6. The first kappa shape index (κ1) is 13.3. The van der Waals surface area contributed by atoms with E-state index in [0.29, 0.717) is 15.7 Å². The molecule has 0 radical (unpaired) electrons. The lowest BCUT2D eigenvalue weighted by Gasteiger charge is -2.09. The molecular formula is C11H14N6OS. The molecule has 8 heteroatoms. The molecule has 7 nitrogen and oxygen atoms in total. The predicted octanol–water partition coefficient (Wildman–Crippen LogP) is 0.983. The van der Waals surface area contributed by atoms with Crippen molar-refractivity contribution in [3.8, 4) is 0 Å². The first-order chi connectivity index (χ1) is 9.00. The van der Waals surface area contributed by atoms with Crippen molar-refractivity contribution in [2.45, 2.75) is 30.1 Å². The smallest absolute Gasteiger partial charge is 0.344 e. The van der Waals surface area contributed by atoms with E-state index >= 15 is 0 Å². The molecule has 0 aliphatic heterocycles. The maximum atomic E-state index is 11.6. The number of aromatic amines is 1. The van der Waals surface area contributed by atoms with E-state index in [1.807, 2.05) is 13.8 Å². The monoisotopic (exact) mass is 278 g/mol. The van der Waals surface area contributed by atoms with Crippen molar-refractivity contribution in [3.63, 3.8) is 0 Å². The molecule has 0 saturated heterocycles. The summed E-state index contributed by atoms with van der Waals surface area (Å²) in [6.07, 6.45) is 1.61. The van der Waals surface area contributed by atoms with Gasteiger partial charge in [-0.05, 0) is 37.7 Å². The van der Waals surface area contributed by atoms with E-state index in [0.717, 1.165) is 0 Å². The van der Waals surface area contributed by atoms with Crippen molar-refractivity contribution in [2.75, 3.05) is 0 Å². The van der Waals surface area contributed by atoms with Crippen LogP contribution in [0.25, 0.3) is 0 Å². The number of nitrogens with zero attached hydrogens (tertiary/aromatic N) is 3. The third-order valence-electron chi connectivity index (χ3n) is 2.44. The number of amidine groups is 1. The van der Waals surface area contributed by atoms with Gasteiger partial charge in [-0.1, -0.05) is 0 Å². The second kappa shape index (κ2) is 5.27. The second-order valence-corrected chi connectivity index (χ2v) is 5.10. The number of H-pyrrole nitrogens is 1. The summed E-state index contributed by atoms with van der Waals surface area (Å²) in [5.74, 6) is -0.0652. The lowest BCUT2D eigenvalue weighted by atomic mass is 10.3. The fraction of sp³-hybridized carbons (Fsp3) is 0.273. The highest BCUT2D eigenvalue weighted by Gasteiger charge is 2.16. The van der Waals surface area contributed by atoms with Crippen molar-refractivity contribution in [3.05, 3.63) is 34.4 Å². The Morgan fingerprint density at radius 3 is 2.95 bits per heavy atom. The van der Waals surface area contributed by atoms with E-state index in [1.165, 1.54) is 16.3 Å². The molecule has 4 N–H and O–H groups in total. The molecule has 0 aliphatic carbocycles. The minimum absolute atomic E-state index is 0.0155. The molecule has 0 amide bonds. The Morgan fingerprint density at radius 2 is 2.32 bits per heavy atom. The van der Waals surface area contributed by atoms with Gasteiger partial charge >= 0.3 is 5.69 Å². The zero-order valence-corrected chi connectivity index (χ0v) is 11.4. The van der Waals surface area contributed by atoms with Gasteiger partial charge in [0.25, 0.3) is 0 Å². The zero-order chi connectivity index (χ0) is 14.0. The highest BCUT2D eigenvalue weighted by molar-refractivity contribution is 7.99. The topological polar surface area (TPSA) is 113 Å². The molecule has 100 valence electrons. The summed E-state index contributed by atoms with van der Waals surface area (Å²) >= 11 is 1.21. The number of nitrogen functional groups attached to an aromatic ring is 1. The quantitative estimate of drug-likeness (QED) is 0.570. The summed E-state index contributed by atoms with van der Waals surface area (Å²) in [5, 5.41) is 14.9. The van der Waals surface area contributed by atoms with Crippen LogP contribution in [0.1, 0.15) is 25.5 Å². The van der Waals surface area contributed by atoms with Gasteiger partial charge in [0, 0.05) is 17.8 Å². The Labute approximate surface area is 113 Å². The van der Waals surface area contributed by atoms with Crippen molar-refractivity contribution in [1.82, 2.24) is 19.7 Å². The summed E-state index contributed by atoms with van der Waals surface area (Å²) in [5.41, 5.74) is 5.76. The highest BCUT2D eigenvalue weighted by atomic mass is 32.2. The number of hydrogen-bond acceptors (Lipinski definition) is 5. The van der Waals surface area contributed by atoms with Crippen LogP contribution in [0.5, 0.6) is 0 Å². The van der Waals surface area contributed by atoms with Gasteiger partial charge in [0.1, 0.15) is 10.9 Å². The van der Waals surface area contributed by atoms with Crippen LogP contribution < -0.4 is 11.4 Å². The van der Waals surface area contributed by atoms with Crippen LogP contribution in [0.3, 0.4) is 0 Å². The fourth-order valence-corrected chi connectivity index (χ4v) is 2.64. The normalized spacial score (nSPS) is 10.9. The molecule has 0 unspecified atom stereocenters. The predicted molar refractivity (Wildman–Crippen MR) is 72.6 cm³/mol. The van der Waals surface area contributed by atoms with Gasteiger partial charge in [0.2, 0.25) is 0 Å². The molecule has 0 spiro atoms. The average Bonchev–Trinajstić information content (AvgIpc) is 2.71. The number of hydrogen-bond donors (Lipinski definition) is 3. The van der Waals surface area contributed by atoms with Gasteiger partial charge in [-0.3, -0.25) is 9.98 Å². The Hall–Kier alpha value is -2.09. The van der Waals surface area contributed by atoms with Crippen molar-refractivity contribution < 1.29 is 0 Å². The molecule has 0 atom stereocenters. The molecule has 2 heterocycles. The van der Waals surface area contributed by atoms with Gasteiger partial charge in [0.15, 0.2) is 5.16 Å². The van der Waals surface area contributed by atoms with Crippen LogP contribution in [-0.2, 0) is 0 Å². The van der Waals surface area contributed by atoms with Crippen LogP contribution >= 0.6 is 11.8 Å². The van der Waals surface area contributed by atoms with Crippen LogP contribution in [0.15, 0.2) is 33.3 Å². The molecule has 2 aromatic heterocycles. The molecule has 2 rings (SSSR count). The first-order valence-electron chi connectivity index (χ1n) is 5.65. The SMILES string of the molecule is CC(C)n1c(Sc2ncccc2C(=N)N)n[nH]c1=O. The van der Waals surface area contributed by atoms with E-state index < -0.39 is 0 Å². The Balaban J connectivity index is 2.43. The Morgan fingerprint density at radius 1 is 1.58 bits per heavy atom. The molecule has 19 heavy (non-hydrogen) atoms. The number of rotatable bonds is 4. The molecular weight excluding hydrogens is 264 g/mol. The van der Waals surface area contributed by atoms with Crippen LogP contribution in [-0.4, -0.2) is 25.6 Å². The number of nitrogens with one attached hydrogen (secondary N) is 2. The summed E-state index contributed by atoms with van der Waals surface area (Å²) in [6, 6.07) is 3.40. The fourth-order valence-electron chi connectivity index (χ4n) is 1.58. The Kier molecular flexibility index (Phi) is 3.70. The third-order valence-corrected chi connectivity index (χ3v) is 3.43. The minimum Gasteiger partial charge on any atom is -0.384 e. The molecule has 0 saturated carbocycles. The maximum Gasteiger partial charge on any atom is 0.344 e. The minimum atomic E-state index is -0.266. The van der Waals surface area contributed by atoms with E-state index in [4.69, 9.17) is 11.1 Å². The summed E-state index contributed by atoms with van der Waals surface area (Å²) < 4.78 is 1.53. The number of aromatic nitrogens is 4. The van der Waals surface area contributed by atoms with Crippen LogP contribution in [0, 0.1) is 5.41 Å². The van der Waals surface area contributed by atoms with Gasteiger partial charge < -0.3 is 5.73 Å². The lowest BCUT2D eigenvalue weighted by Crippen LogP contribution is -2.19. The van der Waals surface area contributed by atoms with E-state index in [2.05, 4.69) is 15.2 Å². The van der Waals surface area contributed by atoms with Crippen molar-refractivity contribution >= 4 is 17.6 Å². The molecule has 0 aromatic carbocycles. The van der Waals surface area contributed by atoms with Crippen LogP contribution in [0.4, 0.5) is 0 Å². The van der Waals surface area contributed by atoms with E-state index in [1.54, 1.807) is 18.3 Å². The first-order valence-corrected chi connectivity index (χ1v) is 6.46. The summed E-state index contributed by atoms with van der Waals surface area (Å²) in [7, 11) is 0. The third kappa shape index (κ3) is 2.68. The van der Waals surface area contributed by atoms with Crippen molar-refractivity contribution in [2.24, 2.45) is 5.73 Å². The summed E-state index contributed by atoms with van der Waals surface area (Å²) in [6.45, 7) is 3.79. The second-order valence-electron chi connectivity index (χ2n) is 4.15. The standard InChI is InChI=1S/C11H14N6OS/c1-6(2)17-10(18)15-16-11(17)19-9-7(8(12)13)4-3-5-14-9/h3-6H,1-2H3,(H3,12,13)(H,15,18).